The number of aliphatic imine (C=N–C) groups is 1. The molecule has 2 N–H and O–H groups in total. The van der Waals surface area contributed by atoms with Gasteiger partial charge in [0.05, 0.1) is 30.4 Å². The van der Waals surface area contributed by atoms with E-state index >= 15 is 0 Å². The number of amides is 1. The fourth-order valence-electron chi connectivity index (χ4n) is 6.69. The highest BCUT2D eigenvalue weighted by molar-refractivity contribution is 7.14. The number of thiazole rings is 1. The van der Waals surface area contributed by atoms with E-state index in [1.165, 1.54) is 48.8 Å². The van der Waals surface area contributed by atoms with Crippen molar-refractivity contribution < 1.29 is 14.7 Å². The van der Waals surface area contributed by atoms with Crippen molar-refractivity contribution in [2.45, 2.75) is 64.0 Å². The van der Waals surface area contributed by atoms with E-state index in [2.05, 4.69) is 77.1 Å². The maximum atomic E-state index is 12.6. The van der Waals surface area contributed by atoms with E-state index in [4.69, 9.17) is 15.1 Å². The molecule has 0 radical (unpaired) electrons. The van der Waals surface area contributed by atoms with Crippen LogP contribution in [0.4, 0.5) is 10.8 Å². The molecule has 1 amide bonds. The van der Waals surface area contributed by atoms with Crippen molar-refractivity contribution in [2.75, 3.05) is 11.4 Å². The average Bonchev–Trinajstić information content (AvgIpc) is 3.75. The van der Waals surface area contributed by atoms with E-state index in [0.29, 0.717) is 18.0 Å². The van der Waals surface area contributed by atoms with Gasteiger partial charge in [0.25, 0.3) is 5.91 Å². The number of carbonyl (C=O) groups excluding carboxylic acids is 1. The van der Waals surface area contributed by atoms with Gasteiger partial charge in [-0.15, -0.1) is 11.3 Å². The first-order valence-electron chi connectivity index (χ1n) is 16.4. The van der Waals surface area contributed by atoms with Crippen LogP contribution in [-0.2, 0) is 11.3 Å². The predicted octanol–water partition coefficient (Wildman–Crippen LogP) is 8.32. The first kappa shape index (κ1) is 30.8. The number of fused-ring (bicyclic) bond motifs is 1. The summed E-state index contributed by atoms with van der Waals surface area (Å²) in [6, 6.07) is 27.0. The second-order valence-corrected chi connectivity index (χ2v) is 13.4. The van der Waals surface area contributed by atoms with E-state index < -0.39 is 5.97 Å². The van der Waals surface area contributed by atoms with E-state index in [1.54, 1.807) is 23.5 Å². The van der Waals surface area contributed by atoms with Crippen LogP contribution < -0.4 is 10.2 Å². The molecule has 47 heavy (non-hydrogen) atoms. The molecule has 1 aliphatic heterocycles. The van der Waals surface area contributed by atoms with Crippen LogP contribution in [0.5, 0.6) is 0 Å². The quantitative estimate of drug-likeness (QED) is 0.172. The molecule has 1 atom stereocenters. The number of benzene rings is 3. The zero-order valence-electron chi connectivity index (χ0n) is 26.5. The van der Waals surface area contributed by atoms with Gasteiger partial charge in [0.1, 0.15) is 0 Å². The molecular formula is C39H38N4O3S. The Balaban J connectivity index is 1.18. The van der Waals surface area contributed by atoms with Crippen molar-refractivity contribution in [2.24, 2.45) is 4.99 Å². The Bertz CT molecular complexity index is 1870. The summed E-state index contributed by atoms with van der Waals surface area (Å²) in [4.78, 5) is 36.0. The number of hydrogen-bond acceptors (Lipinski definition) is 6. The molecular weight excluding hydrogens is 605 g/mol. The molecule has 2 heterocycles. The van der Waals surface area contributed by atoms with Crippen LogP contribution in [0.15, 0.2) is 106 Å². The summed E-state index contributed by atoms with van der Waals surface area (Å²) in [7, 11) is 0. The Hall–Kier alpha value is -4.82. The number of hydrogen-bond donors (Lipinski definition) is 2. The third kappa shape index (κ3) is 6.83. The molecule has 1 saturated carbocycles. The Morgan fingerprint density at radius 2 is 1.70 bits per heavy atom. The molecule has 4 aromatic rings. The van der Waals surface area contributed by atoms with E-state index in [-0.39, 0.29) is 24.9 Å². The Kier molecular flexibility index (Phi) is 8.85. The third-order valence-corrected chi connectivity index (χ3v) is 10.2. The number of allylic oxidation sites excluding steroid dienone is 1. The molecule has 0 spiro atoms. The normalized spacial score (nSPS) is 17.4. The SMILES string of the molecule is CC1=C(c2csc(N(Cc3ccc(C(=O)NCCC(=O)O)cc3)c3ccc(C4CCCCC4)cc3)n2)C(c2ccccc2)=NC2C=C12. The van der Waals surface area contributed by atoms with Gasteiger partial charge in [-0.05, 0) is 78.3 Å². The first-order valence-corrected chi connectivity index (χ1v) is 17.3. The number of carboxylic acids is 1. The van der Waals surface area contributed by atoms with Gasteiger partial charge in [0, 0.05) is 34.3 Å². The minimum Gasteiger partial charge on any atom is -0.481 e. The molecule has 2 aliphatic carbocycles. The average molecular weight is 643 g/mol. The van der Waals surface area contributed by atoms with Crippen molar-refractivity contribution in [1.29, 1.82) is 0 Å². The van der Waals surface area contributed by atoms with Gasteiger partial charge < -0.3 is 15.3 Å². The molecule has 0 saturated heterocycles. The maximum Gasteiger partial charge on any atom is 0.305 e. The fourth-order valence-corrected chi connectivity index (χ4v) is 7.53. The Morgan fingerprint density at radius 1 is 0.957 bits per heavy atom. The monoisotopic (exact) mass is 642 g/mol. The van der Waals surface area contributed by atoms with Crippen LogP contribution in [0.1, 0.15) is 84.1 Å². The molecule has 7 rings (SSSR count). The minimum atomic E-state index is -0.940. The summed E-state index contributed by atoms with van der Waals surface area (Å²) in [5.74, 6) is -0.591. The van der Waals surface area contributed by atoms with Gasteiger partial charge in [-0.25, -0.2) is 4.98 Å². The van der Waals surface area contributed by atoms with Gasteiger partial charge in [-0.2, -0.15) is 0 Å². The van der Waals surface area contributed by atoms with Gasteiger partial charge in [-0.1, -0.05) is 73.9 Å². The third-order valence-electron chi connectivity index (χ3n) is 9.35. The number of dihydropyridines is 1. The lowest BCUT2D eigenvalue weighted by Crippen LogP contribution is -2.26. The van der Waals surface area contributed by atoms with Crippen LogP contribution in [0.2, 0.25) is 0 Å². The lowest BCUT2D eigenvalue weighted by Gasteiger charge is -2.25. The van der Waals surface area contributed by atoms with Gasteiger partial charge >= 0.3 is 5.97 Å². The van der Waals surface area contributed by atoms with E-state index in [1.807, 2.05) is 18.2 Å². The number of rotatable bonds is 11. The lowest BCUT2D eigenvalue weighted by molar-refractivity contribution is -0.136. The van der Waals surface area contributed by atoms with Gasteiger partial charge in [-0.3, -0.25) is 14.6 Å². The highest BCUT2D eigenvalue weighted by Gasteiger charge is 2.35. The number of nitrogens with one attached hydrogen (secondary N) is 1. The smallest absolute Gasteiger partial charge is 0.305 e. The molecule has 1 fully saturated rings. The number of aromatic nitrogens is 1. The van der Waals surface area contributed by atoms with Crippen molar-refractivity contribution in [1.82, 2.24) is 10.3 Å². The first-order chi connectivity index (χ1) is 22.9. The summed E-state index contributed by atoms with van der Waals surface area (Å²) in [5, 5.41) is 14.6. The number of nitrogens with zero attached hydrogens (tertiary/aromatic N) is 3. The molecule has 3 aliphatic rings. The second kappa shape index (κ2) is 13.5. The van der Waals surface area contributed by atoms with Gasteiger partial charge in [0.2, 0.25) is 0 Å². The molecule has 1 aromatic heterocycles. The summed E-state index contributed by atoms with van der Waals surface area (Å²) in [5.41, 5.74) is 10.6. The van der Waals surface area contributed by atoms with E-state index in [9.17, 15) is 9.59 Å². The zero-order chi connectivity index (χ0) is 32.3. The second-order valence-electron chi connectivity index (χ2n) is 12.5. The van der Waals surface area contributed by atoms with Crippen molar-refractivity contribution in [3.8, 4) is 0 Å². The van der Waals surface area contributed by atoms with Crippen molar-refractivity contribution in [3.05, 3.63) is 129 Å². The topological polar surface area (TPSA) is 94.9 Å². The molecule has 0 bridgehead atoms. The molecule has 238 valence electrons. The number of carboxylic acid groups (broad SMARTS) is 1. The molecule has 7 nitrogen and oxygen atoms in total. The number of anilines is 2. The predicted molar refractivity (Wildman–Crippen MR) is 189 cm³/mol. The Labute approximate surface area is 279 Å². The van der Waals surface area contributed by atoms with Gasteiger partial charge in [0.15, 0.2) is 5.13 Å². The van der Waals surface area contributed by atoms with E-state index in [0.717, 1.165) is 38.9 Å². The van der Waals surface area contributed by atoms with Crippen LogP contribution in [0.3, 0.4) is 0 Å². The molecule has 1 unspecified atom stereocenters. The number of aliphatic carboxylic acids is 1. The highest BCUT2D eigenvalue weighted by Crippen LogP contribution is 2.43. The Morgan fingerprint density at radius 3 is 2.43 bits per heavy atom. The van der Waals surface area contributed by atoms with Crippen LogP contribution in [0.25, 0.3) is 5.57 Å². The standard InChI is InChI=1S/C39H38N4O3S/c1-25-32-22-33(32)41-37(29-10-6-3-7-11-29)36(25)34-24-47-39(42-34)43(31-18-16-28(17-19-31)27-8-4-2-5-9-27)23-26-12-14-30(15-13-26)38(46)40-21-20-35(44)45/h3,6-7,10-19,22,24,27,33H,2,4-5,8-9,20-21,23H2,1H3,(H,40,46)(H,44,45). The minimum absolute atomic E-state index is 0.0947. The zero-order valence-corrected chi connectivity index (χ0v) is 27.3. The van der Waals surface area contributed by atoms with Crippen molar-refractivity contribution >= 4 is 45.3 Å². The van der Waals surface area contributed by atoms with Crippen LogP contribution in [-0.4, -0.2) is 40.3 Å². The molecule has 3 aromatic carbocycles. The van der Waals surface area contributed by atoms with Crippen LogP contribution in [0, 0.1) is 0 Å². The van der Waals surface area contributed by atoms with Crippen LogP contribution >= 0.6 is 11.3 Å². The number of carbonyl (C=O) groups is 2. The summed E-state index contributed by atoms with van der Waals surface area (Å²) in [6.07, 6.45) is 8.56. The van der Waals surface area contributed by atoms with Crippen molar-refractivity contribution in [3.63, 3.8) is 0 Å². The lowest BCUT2D eigenvalue weighted by atomic mass is 9.84. The summed E-state index contributed by atoms with van der Waals surface area (Å²) < 4.78 is 0. The largest absolute Gasteiger partial charge is 0.481 e. The molecule has 8 heteroatoms. The summed E-state index contributed by atoms with van der Waals surface area (Å²) >= 11 is 1.63. The maximum absolute atomic E-state index is 12.6. The fraction of sp³-hybridized carbons (Fsp3) is 0.282. The highest BCUT2D eigenvalue weighted by atomic mass is 32.1. The summed E-state index contributed by atoms with van der Waals surface area (Å²) in [6.45, 7) is 2.85.